The van der Waals surface area contributed by atoms with E-state index in [1.807, 2.05) is 19.1 Å². The number of thiazole rings is 1. The first-order valence-corrected chi connectivity index (χ1v) is 5.56. The first-order chi connectivity index (χ1) is 6.70. The fourth-order valence-electron chi connectivity index (χ4n) is 1.29. The highest BCUT2D eigenvalue weighted by molar-refractivity contribution is 8.03. The molecule has 0 fully saturated rings. The molecule has 0 spiro atoms. The molecule has 0 saturated carbocycles. The van der Waals surface area contributed by atoms with Crippen molar-refractivity contribution >= 4 is 38.4 Å². The molecule has 0 unspecified atom stereocenters. The molecule has 0 saturated heterocycles. The van der Waals surface area contributed by atoms with Gasteiger partial charge in [0.05, 0.1) is 10.2 Å². The third-order valence-corrected chi connectivity index (χ3v) is 3.23. The van der Waals surface area contributed by atoms with Crippen molar-refractivity contribution in [3.8, 4) is 5.40 Å². The Morgan fingerprint density at radius 2 is 2.36 bits per heavy atom. The summed E-state index contributed by atoms with van der Waals surface area (Å²) in [4.78, 5) is 5.16. The van der Waals surface area contributed by atoms with Crippen LogP contribution in [0.15, 0.2) is 17.0 Å². The highest BCUT2D eigenvalue weighted by Gasteiger charge is 2.06. The summed E-state index contributed by atoms with van der Waals surface area (Å²) < 4.78 is 1.04. The van der Waals surface area contributed by atoms with Gasteiger partial charge >= 0.3 is 0 Å². The Morgan fingerprint density at radius 3 is 3.07 bits per heavy atom. The summed E-state index contributed by atoms with van der Waals surface area (Å²) in [5, 5.41) is 11.2. The molecule has 0 aliphatic rings. The third kappa shape index (κ3) is 1.54. The molecule has 1 heterocycles. The van der Waals surface area contributed by atoms with Crippen LogP contribution in [0.5, 0.6) is 0 Å². The summed E-state index contributed by atoms with van der Waals surface area (Å²) >= 11 is 2.61. The number of hydrogen-bond acceptors (Lipinski definition) is 5. The van der Waals surface area contributed by atoms with Crippen molar-refractivity contribution in [1.82, 2.24) is 4.98 Å². The quantitative estimate of drug-likeness (QED) is 0.594. The van der Waals surface area contributed by atoms with Crippen LogP contribution in [0.3, 0.4) is 0 Å². The topological polar surface area (TPSA) is 62.7 Å². The van der Waals surface area contributed by atoms with Crippen LogP contribution >= 0.6 is 23.1 Å². The number of anilines is 1. The fourth-order valence-corrected chi connectivity index (χ4v) is 2.74. The number of hydrogen-bond donors (Lipinski definition) is 1. The Kier molecular flexibility index (Phi) is 2.32. The van der Waals surface area contributed by atoms with Crippen molar-refractivity contribution < 1.29 is 0 Å². The Balaban J connectivity index is 2.66. The van der Waals surface area contributed by atoms with Crippen LogP contribution in [-0.4, -0.2) is 4.98 Å². The molecule has 0 bridgehead atoms. The number of thiocyanates is 1. The Hall–Kier alpha value is -1.25. The molecule has 1 aromatic heterocycles. The molecule has 0 aliphatic heterocycles. The standard InChI is InChI=1S/C9H7N3S2/c1-5-2-6(13-4-10)3-7-8(5)12-9(11)14-7/h2-3H,1H3,(H2,11,12). The lowest BCUT2D eigenvalue weighted by Crippen LogP contribution is -1.81. The Bertz CT molecular complexity index is 525. The number of nitrogens with zero attached hydrogens (tertiary/aromatic N) is 2. The van der Waals surface area contributed by atoms with E-state index in [9.17, 15) is 0 Å². The Labute approximate surface area is 89.6 Å². The van der Waals surface area contributed by atoms with Crippen LogP contribution < -0.4 is 5.73 Å². The van der Waals surface area contributed by atoms with Gasteiger partial charge in [-0.1, -0.05) is 11.3 Å². The lowest BCUT2D eigenvalue weighted by atomic mass is 10.2. The van der Waals surface area contributed by atoms with E-state index in [0.717, 1.165) is 32.4 Å². The van der Waals surface area contributed by atoms with Crippen molar-refractivity contribution in [2.24, 2.45) is 0 Å². The van der Waals surface area contributed by atoms with Gasteiger partial charge in [0.25, 0.3) is 0 Å². The predicted octanol–water partition coefficient (Wildman–Crippen LogP) is 2.76. The van der Waals surface area contributed by atoms with Crippen LogP contribution in [0.1, 0.15) is 5.56 Å². The molecule has 14 heavy (non-hydrogen) atoms. The Morgan fingerprint density at radius 1 is 1.57 bits per heavy atom. The number of aryl methyl sites for hydroxylation is 1. The monoisotopic (exact) mass is 221 g/mol. The van der Waals surface area contributed by atoms with E-state index in [0.29, 0.717) is 5.13 Å². The highest BCUT2D eigenvalue weighted by atomic mass is 32.2. The lowest BCUT2D eigenvalue weighted by molar-refractivity contribution is 1.37. The number of aromatic nitrogens is 1. The molecule has 3 nitrogen and oxygen atoms in total. The molecule has 5 heteroatoms. The molecular weight excluding hydrogens is 214 g/mol. The minimum absolute atomic E-state index is 0.571. The van der Waals surface area contributed by atoms with Gasteiger partial charge in [-0.3, -0.25) is 0 Å². The summed E-state index contributed by atoms with van der Waals surface area (Å²) in [6, 6.07) is 3.90. The minimum atomic E-state index is 0.571. The van der Waals surface area contributed by atoms with E-state index in [1.165, 1.54) is 11.3 Å². The second kappa shape index (κ2) is 3.48. The maximum atomic E-state index is 8.56. The first kappa shape index (κ1) is 9.31. The predicted molar refractivity (Wildman–Crippen MR) is 60.2 cm³/mol. The summed E-state index contributed by atoms with van der Waals surface area (Å²) in [5.74, 6) is 0. The summed E-state index contributed by atoms with van der Waals surface area (Å²) in [6.45, 7) is 1.98. The van der Waals surface area contributed by atoms with Crippen LogP contribution in [0.2, 0.25) is 0 Å². The number of rotatable bonds is 1. The van der Waals surface area contributed by atoms with Gasteiger partial charge in [-0.25, -0.2) is 4.98 Å². The third-order valence-electron chi connectivity index (χ3n) is 1.84. The van der Waals surface area contributed by atoms with E-state index < -0.39 is 0 Å². The number of nitrogen functional groups attached to an aromatic ring is 1. The van der Waals surface area contributed by atoms with Gasteiger partial charge in [0.15, 0.2) is 5.13 Å². The van der Waals surface area contributed by atoms with Crippen molar-refractivity contribution in [3.63, 3.8) is 0 Å². The van der Waals surface area contributed by atoms with E-state index in [1.54, 1.807) is 0 Å². The van der Waals surface area contributed by atoms with Crippen molar-refractivity contribution in [2.45, 2.75) is 11.8 Å². The SMILES string of the molecule is Cc1cc(SC#N)cc2sc(N)nc12. The van der Waals surface area contributed by atoms with Gasteiger partial charge in [0.2, 0.25) is 0 Å². The van der Waals surface area contributed by atoms with Crippen LogP contribution in [-0.2, 0) is 0 Å². The maximum absolute atomic E-state index is 8.56. The van der Waals surface area contributed by atoms with Crippen molar-refractivity contribution in [2.75, 3.05) is 5.73 Å². The molecule has 70 valence electrons. The largest absolute Gasteiger partial charge is 0.375 e. The number of fused-ring (bicyclic) bond motifs is 1. The summed E-state index contributed by atoms with van der Waals surface area (Å²) in [7, 11) is 0. The molecule has 0 radical (unpaired) electrons. The van der Waals surface area contributed by atoms with E-state index in [4.69, 9.17) is 11.0 Å². The van der Waals surface area contributed by atoms with Gasteiger partial charge in [0.1, 0.15) is 5.40 Å². The zero-order valence-corrected chi connectivity index (χ0v) is 9.08. The molecule has 2 rings (SSSR count). The second-order valence-corrected chi connectivity index (χ2v) is 4.75. The molecule has 0 amide bonds. The van der Waals surface area contributed by atoms with Crippen LogP contribution in [0.4, 0.5) is 5.13 Å². The zero-order chi connectivity index (χ0) is 10.1. The zero-order valence-electron chi connectivity index (χ0n) is 7.44. The smallest absolute Gasteiger partial charge is 0.181 e. The molecule has 2 N–H and O–H groups in total. The highest BCUT2D eigenvalue weighted by Crippen LogP contribution is 2.30. The molecule has 0 aliphatic carbocycles. The van der Waals surface area contributed by atoms with Crippen LogP contribution in [0, 0.1) is 17.6 Å². The van der Waals surface area contributed by atoms with Crippen molar-refractivity contribution in [1.29, 1.82) is 5.26 Å². The van der Waals surface area contributed by atoms with Gasteiger partial charge in [0, 0.05) is 4.90 Å². The maximum Gasteiger partial charge on any atom is 0.181 e. The van der Waals surface area contributed by atoms with Crippen molar-refractivity contribution in [3.05, 3.63) is 17.7 Å². The van der Waals surface area contributed by atoms with Gasteiger partial charge in [-0.2, -0.15) is 5.26 Å². The molecule has 0 atom stereocenters. The first-order valence-electron chi connectivity index (χ1n) is 3.93. The van der Waals surface area contributed by atoms with Gasteiger partial charge in [-0.05, 0) is 36.4 Å². The normalized spacial score (nSPS) is 10.3. The number of benzene rings is 1. The fraction of sp³-hybridized carbons (Fsp3) is 0.111. The number of nitriles is 1. The van der Waals surface area contributed by atoms with E-state index in [-0.39, 0.29) is 0 Å². The van der Waals surface area contributed by atoms with Gasteiger partial charge in [-0.15, -0.1) is 0 Å². The number of nitrogens with two attached hydrogens (primary N) is 1. The lowest BCUT2D eigenvalue weighted by Gasteiger charge is -1.97. The molecule has 1 aromatic carbocycles. The van der Waals surface area contributed by atoms with E-state index in [2.05, 4.69) is 10.4 Å². The summed E-state index contributed by atoms with van der Waals surface area (Å²) in [5.41, 5.74) is 7.62. The molecule has 2 aromatic rings. The molecular formula is C9H7N3S2. The average molecular weight is 221 g/mol. The number of thioether (sulfide) groups is 1. The minimum Gasteiger partial charge on any atom is -0.375 e. The van der Waals surface area contributed by atoms with Crippen LogP contribution in [0.25, 0.3) is 10.2 Å². The van der Waals surface area contributed by atoms with Gasteiger partial charge < -0.3 is 5.73 Å². The summed E-state index contributed by atoms with van der Waals surface area (Å²) in [6.07, 6.45) is 0. The average Bonchev–Trinajstić information content (AvgIpc) is 2.47. The second-order valence-electron chi connectivity index (χ2n) is 2.83. The van der Waals surface area contributed by atoms with E-state index >= 15 is 0 Å².